The summed E-state index contributed by atoms with van der Waals surface area (Å²) in [7, 11) is 0. The standard InChI is InChI=1S/C20H32N6.HI/c1-6-22-19(25-16(2)7-9-20(3,4)5)24-14-17-8-10-23-18(13-17)26-12-11-21-15-26;/h8,10-13,15-16H,6-7,9,14H2,1-5H3,(H2,22,24,25);1H. The van der Waals surface area contributed by atoms with Crippen molar-refractivity contribution in [2.24, 2.45) is 10.4 Å². The normalized spacial score (nSPS) is 13.0. The first-order valence-electron chi connectivity index (χ1n) is 9.35. The molecule has 2 N–H and O–H groups in total. The van der Waals surface area contributed by atoms with Gasteiger partial charge in [-0.3, -0.25) is 4.57 Å². The van der Waals surface area contributed by atoms with Gasteiger partial charge >= 0.3 is 0 Å². The summed E-state index contributed by atoms with van der Waals surface area (Å²) in [6.45, 7) is 12.6. The van der Waals surface area contributed by atoms with Crippen LogP contribution < -0.4 is 10.6 Å². The largest absolute Gasteiger partial charge is 0.357 e. The van der Waals surface area contributed by atoms with E-state index in [1.165, 1.54) is 6.42 Å². The van der Waals surface area contributed by atoms with E-state index >= 15 is 0 Å². The number of aliphatic imine (C=N–C) groups is 1. The van der Waals surface area contributed by atoms with E-state index in [1.54, 1.807) is 12.5 Å². The zero-order chi connectivity index (χ0) is 19.0. The molecule has 1 atom stereocenters. The lowest BCUT2D eigenvalue weighted by Crippen LogP contribution is -2.42. The van der Waals surface area contributed by atoms with Crippen LogP contribution in [0.2, 0.25) is 0 Å². The van der Waals surface area contributed by atoms with Gasteiger partial charge in [-0.25, -0.2) is 15.0 Å². The van der Waals surface area contributed by atoms with Crippen LogP contribution in [0.25, 0.3) is 5.82 Å². The van der Waals surface area contributed by atoms with Gasteiger partial charge in [-0.05, 0) is 49.8 Å². The van der Waals surface area contributed by atoms with Crippen molar-refractivity contribution in [3.63, 3.8) is 0 Å². The molecule has 0 saturated heterocycles. The molecular formula is C20H33IN6. The summed E-state index contributed by atoms with van der Waals surface area (Å²) in [5.74, 6) is 1.71. The fraction of sp³-hybridized carbons (Fsp3) is 0.550. The third-order valence-electron chi connectivity index (χ3n) is 4.05. The van der Waals surface area contributed by atoms with E-state index in [0.717, 1.165) is 30.3 Å². The van der Waals surface area contributed by atoms with E-state index < -0.39 is 0 Å². The van der Waals surface area contributed by atoms with Gasteiger partial charge < -0.3 is 10.6 Å². The first-order valence-corrected chi connectivity index (χ1v) is 9.35. The summed E-state index contributed by atoms with van der Waals surface area (Å²) in [4.78, 5) is 13.2. The second-order valence-corrected chi connectivity index (χ2v) is 7.83. The minimum Gasteiger partial charge on any atom is -0.357 e. The Morgan fingerprint density at radius 2 is 2.07 bits per heavy atom. The summed E-state index contributed by atoms with van der Waals surface area (Å²) >= 11 is 0. The molecule has 2 aromatic rings. The highest BCUT2D eigenvalue weighted by Crippen LogP contribution is 2.21. The van der Waals surface area contributed by atoms with E-state index in [9.17, 15) is 0 Å². The molecule has 0 spiro atoms. The van der Waals surface area contributed by atoms with E-state index in [4.69, 9.17) is 4.99 Å². The molecule has 27 heavy (non-hydrogen) atoms. The first kappa shape index (κ1) is 23.4. The second kappa shape index (κ2) is 11.3. The van der Waals surface area contributed by atoms with Crippen molar-refractivity contribution in [1.82, 2.24) is 25.2 Å². The Bertz CT molecular complexity index is 691. The number of hydrogen-bond donors (Lipinski definition) is 2. The van der Waals surface area contributed by atoms with Gasteiger partial charge in [0.25, 0.3) is 0 Å². The lowest BCUT2D eigenvalue weighted by atomic mass is 9.89. The molecule has 0 fully saturated rings. The minimum absolute atomic E-state index is 0. The average molecular weight is 484 g/mol. The monoisotopic (exact) mass is 484 g/mol. The van der Waals surface area contributed by atoms with Crippen LogP contribution in [0.15, 0.2) is 42.0 Å². The highest BCUT2D eigenvalue weighted by molar-refractivity contribution is 14.0. The average Bonchev–Trinajstić information content (AvgIpc) is 3.12. The van der Waals surface area contributed by atoms with E-state index in [0.29, 0.717) is 18.0 Å². The van der Waals surface area contributed by atoms with Crippen LogP contribution in [-0.2, 0) is 6.54 Å². The van der Waals surface area contributed by atoms with Gasteiger partial charge in [0, 0.05) is 31.2 Å². The molecule has 1 unspecified atom stereocenters. The molecule has 0 saturated carbocycles. The van der Waals surface area contributed by atoms with Crippen molar-refractivity contribution in [3.05, 3.63) is 42.6 Å². The fourth-order valence-electron chi connectivity index (χ4n) is 2.54. The van der Waals surface area contributed by atoms with Crippen molar-refractivity contribution < 1.29 is 0 Å². The van der Waals surface area contributed by atoms with Gasteiger partial charge in [0.05, 0.1) is 6.54 Å². The number of halogens is 1. The van der Waals surface area contributed by atoms with E-state index in [-0.39, 0.29) is 24.0 Å². The zero-order valence-electron chi connectivity index (χ0n) is 17.1. The van der Waals surface area contributed by atoms with Crippen LogP contribution in [0.1, 0.15) is 53.0 Å². The molecule has 0 amide bonds. The molecule has 2 heterocycles. The molecule has 2 rings (SSSR count). The quantitative estimate of drug-likeness (QED) is 0.352. The third kappa shape index (κ3) is 8.73. The fourth-order valence-corrected chi connectivity index (χ4v) is 2.54. The number of imidazole rings is 1. The number of aromatic nitrogens is 3. The van der Waals surface area contributed by atoms with Crippen LogP contribution in [0, 0.1) is 5.41 Å². The Morgan fingerprint density at radius 1 is 1.30 bits per heavy atom. The maximum absolute atomic E-state index is 4.73. The Balaban J connectivity index is 0.00000364. The number of hydrogen-bond acceptors (Lipinski definition) is 3. The highest BCUT2D eigenvalue weighted by atomic mass is 127. The molecule has 0 aliphatic carbocycles. The summed E-state index contributed by atoms with van der Waals surface area (Å²) in [6, 6.07) is 4.42. The van der Waals surface area contributed by atoms with Crippen LogP contribution in [0.4, 0.5) is 0 Å². The van der Waals surface area contributed by atoms with Crippen molar-refractivity contribution in [1.29, 1.82) is 0 Å². The minimum atomic E-state index is 0. The smallest absolute Gasteiger partial charge is 0.191 e. The number of rotatable bonds is 7. The predicted molar refractivity (Wildman–Crippen MR) is 123 cm³/mol. The summed E-state index contributed by atoms with van der Waals surface area (Å²) in [6.07, 6.45) is 9.49. The maximum Gasteiger partial charge on any atom is 0.191 e. The number of guanidine groups is 1. The van der Waals surface area contributed by atoms with Crippen molar-refractivity contribution >= 4 is 29.9 Å². The summed E-state index contributed by atoms with van der Waals surface area (Å²) < 4.78 is 1.89. The number of nitrogens with one attached hydrogen (secondary N) is 2. The van der Waals surface area contributed by atoms with Gasteiger partial charge in [0.1, 0.15) is 12.1 Å². The van der Waals surface area contributed by atoms with Crippen LogP contribution in [-0.4, -0.2) is 33.1 Å². The molecule has 6 nitrogen and oxygen atoms in total. The molecular weight excluding hydrogens is 451 g/mol. The van der Waals surface area contributed by atoms with Gasteiger partial charge in [0.15, 0.2) is 5.96 Å². The van der Waals surface area contributed by atoms with E-state index in [1.807, 2.05) is 29.1 Å². The summed E-state index contributed by atoms with van der Waals surface area (Å²) in [5, 5.41) is 6.84. The highest BCUT2D eigenvalue weighted by Gasteiger charge is 2.13. The Hall–Kier alpha value is -1.64. The lowest BCUT2D eigenvalue weighted by molar-refractivity contribution is 0.346. The van der Waals surface area contributed by atoms with Gasteiger partial charge in [-0.1, -0.05) is 20.8 Å². The Labute approximate surface area is 180 Å². The van der Waals surface area contributed by atoms with Gasteiger partial charge in [0.2, 0.25) is 0 Å². The lowest BCUT2D eigenvalue weighted by Gasteiger charge is -2.23. The van der Waals surface area contributed by atoms with Crippen LogP contribution in [0.5, 0.6) is 0 Å². The van der Waals surface area contributed by atoms with Crippen LogP contribution in [0.3, 0.4) is 0 Å². The second-order valence-electron chi connectivity index (χ2n) is 7.83. The number of pyridine rings is 1. The first-order chi connectivity index (χ1) is 12.4. The van der Waals surface area contributed by atoms with Crippen molar-refractivity contribution in [3.8, 4) is 5.82 Å². The maximum atomic E-state index is 4.73. The third-order valence-corrected chi connectivity index (χ3v) is 4.05. The van der Waals surface area contributed by atoms with Crippen LogP contribution >= 0.6 is 24.0 Å². The molecule has 2 aromatic heterocycles. The molecule has 0 aromatic carbocycles. The van der Waals surface area contributed by atoms with Crippen molar-refractivity contribution in [2.75, 3.05) is 6.54 Å². The molecule has 150 valence electrons. The topological polar surface area (TPSA) is 67.1 Å². The molecule has 0 bridgehead atoms. The molecule has 0 aliphatic rings. The van der Waals surface area contributed by atoms with E-state index in [2.05, 4.69) is 55.2 Å². The van der Waals surface area contributed by atoms with Gasteiger partial charge in [-0.15, -0.1) is 24.0 Å². The van der Waals surface area contributed by atoms with Crippen molar-refractivity contribution in [2.45, 2.75) is 60.0 Å². The number of nitrogens with zero attached hydrogens (tertiary/aromatic N) is 4. The molecule has 0 radical (unpaired) electrons. The molecule has 7 heteroatoms. The Morgan fingerprint density at radius 3 is 2.70 bits per heavy atom. The SMILES string of the molecule is CCNC(=NCc1ccnc(-n2ccnc2)c1)NC(C)CCC(C)(C)C.I. The zero-order valence-corrected chi connectivity index (χ0v) is 19.4. The van der Waals surface area contributed by atoms with Gasteiger partial charge in [-0.2, -0.15) is 0 Å². The predicted octanol–water partition coefficient (Wildman–Crippen LogP) is 4.16. The summed E-state index contributed by atoms with van der Waals surface area (Å²) in [5.41, 5.74) is 1.47. The Kier molecular flexibility index (Phi) is 9.76. The molecule has 0 aliphatic heterocycles.